The normalized spacial score (nSPS) is 10.6. The van der Waals surface area contributed by atoms with Crippen molar-refractivity contribution in [3.63, 3.8) is 0 Å². The molecule has 0 radical (unpaired) electrons. The molecule has 0 saturated heterocycles. The van der Waals surface area contributed by atoms with E-state index in [0.717, 1.165) is 11.3 Å². The Morgan fingerprint density at radius 3 is 2.62 bits per heavy atom. The zero-order chi connectivity index (χ0) is 21.6. The molecule has 0 unspecified atom stereocenters. The van der Waals surface area contributed by atoms with Gasteiger partial charge < -0.3 is 10.2 Å². The monoisotopic (exact) mass is 412 g/mol. The number of thiophene rings is 1. The van der Waals surface area contributed by atoms with Gasteiger partial charge in [-0.3, -0.25) is 19.7 Å². The molecule has 0 fully saturated rings. The Morgan fingerprint density at radius 1 is 1.34 bits per heavy atom. The Balaban J connectivity index is 2.23. The molecule has 1 heterocycles. The van der Waals surface area contributed by atoms with Crippen molar-refractivity contribution in [1.82, 2.24) is 4.90 Å². The van der Waals surface area contributed by atoms with Gasteiger partial charge in [0.15, 0.2) is 0 Å². The number of amides is 2. The molecule has 9 heteroatoms. The van der Waals surface area contributed by atoms with E-state index in [-0.39, 0.29) is 17.2 Å². The number of nitrogens with one attached hydrogen (secondary N) is 1. The lowest BCUT2D eigenvalue weighted by atomic mass is 10.1. The molecule has 1 N–H and O–H groups in total. The predicted octanol–water partition coefficient (Wildman–Crippen LogP) is 3.97. The highest BCUT2D eigenvalue weighted by Crippen LogP contribution is 2.33. The van der Waals surface area contributed by atoms with E-state index in [1.54, 1.807) is 17.9 Å². The smallest absolute Gasteiger partial charge is 0.270 e. The van der Waals surface area contributed by atoms with Gasteiger partial charge in [0.25, 0.3) is 11.6 Å². The topological polar surface area (TPSA) is 116 Å². The van der Waals surface area contributed by atoms with Crippen LogP contribution < -0.4 is 5.32 Å². The van der Waals surface area contributed by atoms with Crippen LogP contribution in [0.25, 0.3) is 6.08 Å². The van der Waals surface area contributed by atoms with Gasteiger partial charge in [-0.05, 0) is 38.0 Å². The molecule has 2 rings (SSSR count). The minimum Gasteiger partial charge on any atom is -0.338 e. The summed E-state index contributed by atoms with van der Waals surface area (Å²) in [5.41, 5.74) is 1.21. The quantitative estimate of drug-likeness (QED) is 0.419. The Bertz CT molecular complexity index is 1020. The summed E-state index contributed by atoms with van der Waals surface area (Å²) < 4.78 is 0. The highest BCUT2D eigenvalue weighted by atomic mass is 32.1. The lowest BCUT2D eigenvalue weighted by molar-refractivity contribution is -0.384. The number of carbonyl (C=O) groups is 2. The zero-order valence-corrected chi connectivity index (χ0v) is 17.1. The summed E-state index contributed by atoms with van der Waals surface area (Å²) in [6.07, 6.45) is 2.66. The Morgan fingerprint density at radius 2 is 2.03 bits per heavy atom. The second-order valence-corrected chi connectivity index (χ2v) is 7.04. The van der Waals surface area contributed by atoms with Gasteiger partial charge in [-0.25, -0.2) is 0 Å². The Labute approximate surface area is 172 Å². The largest absolute Gasteiger partial charge is 0.338 e. The van der Waals surface area contributed by atoms with Gasteiger partial charge >= 0.3 is 0 Å². The van der Waals surface area contributed by atoms with E-state index in [9.17, 15) is 25.0 Å². The standard InChI is InChI=1S/C20H20N4O4S/c1-4-23(5-2)20(26)18-13(3)16(12-21)19(29-18)22-17(25)10-9-14-7-6-8-15(11-14)24(27)28/h6-11H,4-5H2,1-3H3,(H,22,25). The van der Waals surface area contributed by atoms with Crippen molar-refractivity contribution < 1.29 is 14.5 Å². The van der Waals surface area contributed by atoms with Crippen LogP contribution in [0.15, 0.2) is 30.3 Å². The van der Waals surface area contributed by atoms with E-state index < -0.39 is 10.8 Å². The minimum absolute atomic E-state index is 0.0761. The van der Waals surface area contributed by atoms with Crippen LogP contribution in [0, 0.1) is 28.4 Å². The number of non-ortho nitro benzene ring substituents is 1. The molecule has 1 aromatic carbocycles. The first kappa shape index (κ1) is 21.8. The molecular formula is C20H20N4O4S. The summed E-state index contributed by atoms with van der Waals surface area (Å²) >= 11 is 1.07. The fourth-order valence-electron chi connectivity index (χ4n) is 2.66. The first-order valence-corrected chi connectivity index (χ1v) is 9.70. The zero-order valence-electron chi connectivity index (χ0n) is 16.3. The first-order chi connectivity index (χ1) is 13.8. The molecule has 2 aromatic rings. The maximum absolute atomic E-state index is 12.6. The number of carbonyl (C=O) groups excluding carboxylic acids is 2. The third-order valence-corrected chi connectivity index (χ3v) is 5.44. The van der Waals surface area contributed by atoms with Crippen LogP contribution in [0.5, 0.6) is 0 Å². The van der Waals surface area contributed by atoms with Crippen molar-refractivity contribution in [2.75, 3.05) is 18.4 Å². The second kappa shape index (κ2) is 9.61. The van der Waals surface area contributed by atoms with Crippen LogP contribution in [-0.4, -0.2) is 34.7 Å². The number of anilines is 1. The van der Waals surface area contributed by atoms with E-state index in [2.05, 4.69) is 5.32 Å². The van der Waals surface area contributed by atoms with E-state index in [1.807, 2.05) is 19.9 Å². The number of nitrogens with zero attached hydrogens (tertiary/aromatic N) is 3. The number of nitriles is 1. The summed E-state index contributed by atoms with van der Waals surface area (Å²) in [5.74, 6) is -0.683. The van der Waals surface area contributed by atoms with E-state index in [0.29, 0.717) is 34.1 Å². The molecule has 1 aromatic heterocycles. The van der Waals surface area contributed by atoms with E-state index in [4.69, 9.17) is 0 Å². The van der Waals surface area contributed by atoms with Crippen LogP contribution in [0.4, 0.5) is 10.7 Å². The van der Waals surface area contributed by atoms with Crippen LogP contribution in [0.1, 0.15) is 40.2 Å². The SMILES string of the molecule is CCN(CC)C(=O)c1sc(NC(=O)C=Cc2cccc([N+](=O)[O-])c2)c(C#N)c1C. The van der Waals surface area contributed by atoms with Gasteiger partial charge in [-0.15, -0.1) is 11.3 Å². The van der Waals surface area contributed by atoms with Crippen LogP contribution in [-0.2, 0) is 4.79 Å². The molecule has 2 amide bonds. The molecule has 0 aliphatic heterocycles. The van der Waals surface area contributed by atoms with Gasteiger partial charge in [0.05, 0.1) is 15.4 Å². The molecule has 0 aliphatic carbocycles. The summed E-state index contributed by atoms with van der Waals surface area (Å²) in [6, 6.07) is 7.91. The van der Waals surface area contributed by atoms with Gasteiger partial charge in [0.1, 0.15) is 11.1 Å². The average Bonchev–Trinajstić information content (AvgIpc) is 3.02. The summed E-state index contributed by atoms with van der Waals surface area (Å²) in [4.78, 5) is 37.3. The van der Waals surface area contributed by atoms with Gasteiger partial charge in [-0.2, -0.15) is 5.26 Å². The molecule has 150 valence electrons. The number of benzene rings is 1. The highest BCUT2D eigenvalue weighted by Gasteiger charge is 2.23. The predicted molar refractivity (Wildman–Crippen MR) is 112 cm³/mol. The molecule has 29 heavy (non-hydrogen) atoms. The van der Waals surface area contributed by atoms with E-state index in [1.165, 1.54) is 30.4 Å². The van der Waals surface area contributed by atoms with Gasteiger partial charge in [-0.1, -0.05) is 12.1 Å². The maximum Gasteiger partial charge on any atom is 0.270 e. The first-order valence-electron chi connectivity index (χ1n) is 8.88. The lowest BCUT2D eigenvalue weighted by Crippen LogP contribution is -2.30. The van der Waals surface area contributed by atoms with Crippen molar-refractivity contribution in [2.24, 2.45) is 0 Å². The molecule has 0 bridgehead atoms. The van der Waals surface area contributed by atoms with Gasteiger partial charge in [0, 0.05) is 31.3 Å². The molecule has 0 aliphatic rings. The fourth-order valence-corrected chi connectivity index (χ4v) is 3.79. The Hall–Kier alpha value is -3.51. The molecule has 0 atom stereocenters. The van der Waals surface area contributed by atoms with Crippen LogP contribution in [0.2, 0.25) is 0 Å². The Kier molecular flexibility index (Phi) is 7.22. The molecule has 0 spiro atoms. The number of nitro benzene ring substituents is 1. The summed E-state index contributed by atoms with van der Waals surface area (Å²) in [7, 11) is 0. The van der Waals surface area contributed by atoms with Crippen molar-refractivity contribution in [1.29, 1.82) is 5.26 Å². The van der Waals surface area contributed by atoms with E-state index >= 15 is 0 Å². The van der Waals surface area contributed by atoms with Crippen LogP contribution in [0.3, 0.4) is 0 Å². The molecular weight excluding hydrogens is 392 g/mol. The number of rotatable bonds is 7. The summed E-state index contributed by atoms with van der Waals surface area (Å²) in [5, 5.41) is 23.2. The third kappa shape index (κ3) is 5.06. The number of hydrogen-bond acceptors (Lipinski definition) is 6. The number of nitro groups is 1. The average molecular weight is 412 g/mol. The fraction of sp³-hybridized carbons (Fsp3) is 0.250. The number of hydrogen-bond donors (Lipinski definition) is 1. The maximum atomic E-state index is 12.6. The van der Waals surface area contributed by atoms with Crippen molar-refractivity contribution in [3.05, 3.63) is 62.0 Å². The second-order valence-electron chi connectivity index (χ2n) is 6.02. The minimum atomic E-state index is -0.514. The van der Waals surface area contributed by atoms with Gasteiger partial charge in [0.2, 0.25) is 5.91 Å². The lowest BCUT2D eigenvalue weighted by Gasteiger charge is -2.17. The van der Waals surface area contributed by atoms with Crippen molar-refractivity contribution >= 4 is 39.9 Å². The molecule has 8 nitrogen and oxygen atoms in total. The third-order valence-electron chi connectivity index (χ3n) is 4.25. The van der Waals surface area contributed by atoms with Crippen LogP contribution >= 0.6 is 11.3 Å². The highest BCUT2D eigenvalue weighted by molar-refractivity contribution is 7.18. The molecule has 0 saturated carbocycles. The summed E-state index contributed by atoms with van der Waals surface area (Å²) in [6.45, 7) is 6.51. The van der Waals surface area contributed by atoms with Crippen molar-refractivity contribution in [2.45, 2.75) is 20.8 Å². The van der Waals surface area contributed by atoms with Crippen molar-refractivity contribution in [3.8, 4) is 6.07 Å².